The molecule has 0 spiro atoms. The van der Waals surface area contributed by atoms with Gasteiger partial charge in [0.1, 0.15) is 0 Å². The lowest BCUT2D eigenvalue weighted by molar-refractivity contribution is 0.578. The third kappa shape index (κ3) is 2.70. The van der Waals surface area contributed by atoms with Crippen molar-refractivity contribution in [1.82, 2.24) is 14.7 Å². The van der Waals surface area contributed by atoms with E-state index in [1.165, 1.54) is 24.5 Å². The maximum absolute atomic E-state index is 11.7. The summed E-state index contributed by atoms with van der Waals surface area (Å²) in [4.78, 5) is 6.27. The highest BCUT2D eigenvalue weighted by Crippen LogP contribution is 2.19. The van der Waals surface area contributed by atoms with E-state index in [9.17, 15) is 8.42 Å². The molecule has 0 aromatic carbocycles. The van der Waals surface area contributed by atoms with Gasteiger partial charge in [-0.3, -0.25) is 0 Å². The molecule has 0 unspecified atom stereocenters. The smallest absolute Gasteiger partial charge is 0.257 e. The molecule has 0 bridgehead atoms. The summed E-state index contributed by atoms with van der Waals surface area (Å²) in [7, 11) is -3.40. The van der Waals surface area contributed by atoms with Crippen LogP contribution in [0.2, 0.25) is 0 Å². The van der Waals surface area contributed by atoms with E-state index >= 15 is 0 Å². The molecule has 88 valence electrons. The van der Waals surface area contributed by atoms with E-state index in [0.717, 1.165) is 19.3 Å². The Balaban J connectivity index is 1.86. The average molecular weight is 241 g/mol. The van der Waals surface area contributed by atoms with Crippen LogP contribution in [0, 0.1) is 0 Å². The molecule has 0 fully saturated rings. The highest BCUT2D eigenvalue weighted by Gasteiger charge is 2.14. The van der Waals surface area contributed by atoms with E-state index in [4.69, 9.17) is 0 Å². The Morgan fingerprint density at radius 1 is 1.50 bits per heavy atom. The van der Waals surface area contributed by atoms with Crippen LogP contribution in [-0.4, -0.2) is 24.9 Å². The summed E-state index contributed by atoms with van der Waals surface area (Å²) in [5, 5.41) is 0.118. The number of hydrogen-bond acceptors (Lipinski definition) is 3. The highest BCUT2D eigenvalue weighted by molar-refractivity contribution is 7.89. The normalized spacial score (nSPS) is 16.4. The second-order valence-electron chi connectivity index (χ2n) is 3.82. The summed E-state index contributed by atoms with van der Waals surface area (Å²) < 4.78 is 25.9. The minimum absolute atomic E-state index is 0.118. The van der Waals surface area contributed by atoms with Crippen LogP contribution in [0.4, 0.5) is 0 Å². The van der Waals surface area contributed by atoms with Gasteiger partial charge in [-0.15, -0.1) is 0 Å². The van der Waals surface area contributed by atoms with E-state index < -0.39 is 10.0 Å². The first-order chi connectivity index (χ1) is 7.68. The molecule has 2 rings (SSSR count). The third-order valence-electron chi connectivity index (χ3n) is 2.64. The first kappa shape index (κ1) is 11.3. The predicted molar refractivity (Wildman–Crippen MR) is 60.3 cm³/mol. The number of hydrogen-bond donors (Lipinski definition) is 2. The number of allylic oxidation sites excluding steroid dienone is 1. The van der Waals surface area contributed by atoms with Gasteiger partial charge >= 0.3 is 0 Å². The molecule has 0 saturated carbocycles. The molecule has 0 atom stereocenters. The molecular formula is C10H15N3O2S. The van der Waals surface area contributed by atoms with Gasteiger partial charge in [0.2, 0.25) is 0 Å². The zero-order valence-electron chi connectivity index (χ0n) is 8.94. The lowest BCUT2D eigenvalue weighted by Gasteiger charge is -2.04. The van der Waals surface area contributed by atoms with Crippen molar-refractivity contribution in [3.05, 3.63) is 24.2 Å². The summed E-state index contributed by atoms with van der Waals surface area (Å²) in [6, 6.07) is 0. The second-order valence-corrected chi connectivity index (χ2v) is 5.55. The maximum Gasteiger partial charge on any atom is 0.257 e. The molecular weight excluding hydrogens is 226 g/mol. The molecule has 0 aliphatic heterocycles. The van der Waals surface area contributed by atoms with Gasteiger partial charge in [-0.05, 0) is 25.7 Å². The van der Waals surface area contributed by atoms with Crippen LogP contribution in [0.3, 0.4) is 0 Å². The first-order valence-corrected chi connectivity index (χ1v) is 6.83. The van der Waals surface area contributed by atoms with Crippen molar-refractivity contribution in [2.45, 2.75) is 30.7 Å². The zero-order valence-corrected chi connectivity index (χ0v) is 9.76. The molecule has 5 nitrogen and oxygen atoms in total. The Labute approximate surface area is 95.0 Å². The van der Waals surface area contributed by atoms with Crippen LogP contribution in [0.5, 0.6) is 0 Å². The molecule has 0 amide bonds. The Morgan fingerprint density at radius 2 is 2.38 bits per heavy atom. The van der Waals surface area contributed by atoms with E-state index in [1.54, 1.807) is 0 Å². The van der Waals surface area contributed by atoms with Gasteiger partial charge in [-0.2, -0.15) is 0 Å². The summed E-state index contributed by atoms with van der Waals surface area (Å²) >= 11 is 0. The Morgan fingerprint density at radius 3 is 3.00 bits per heavy atom. The Kier molecular flexibility index (Phi) is 3.40. The van der Waals surface area contributed by atoms with Crippen LogP contribution in [-0.2, 0) is 10.0 Å². The second kappa shape index (κ2) is 4.80. The lowest BCUT2D eigenvalue weighted by atomic mass is 10.2. The summed E-state index contributed by atoms with van der Waals surface area (Å²) in [5.74, 6) is 0. The van der Waals surface area contributed by atoms with Crippen molar-refractivity contribution in [1.29, 1.82) is 0 Å². The van der Waals surface area contributed by atoms with Crippen molar-refractivity contribution in [2.75, 3.05) is 6.54 Å². The summed E-state index contributed by atoms with van der Waals surface area (Å²) in [6.07, 6.45) is 9.08. The van der Waals surface area contributed by atoms with Crippen molar-refractivity contribution in [3.8, 4) is 0 Å². The summed E-state index contributed by atoms with van der Waals surface area (Å²) in [6.45, 7) is 0.452. The van der Waals surface area contributed by atoms with Crippen LogP contribution >= 0.6 is 0 Å². The fourth-order valence-electron chi connectivity index (χ4n) is 1.78. The van der Waals surface area contributed by atoms with Crippen molar-refractivity contribution >= 4 is 10.0 Å². The fourth-order valence-corrected chi connectivity index (χ4v) is 2.71. The van der Waals surface area contributed by atoms with Gasteiger partial charge in [0.05, 0.1) is 12.5 Å². The number of H-pyrrole nitrogens is 1. The minimum atomic E-state index is -3.40. The van der Waals surface area contributed by atoms with Gasteiger partial charge in [0.25, 0.3) is 10.0 Å². The van der Waals surface area contributed by atoms with Crippen LogP contribution in [0.15, 0.2) is 29.2 Å². The number of aromatic amines is 1. The largest absolute Gasteiger partial charge is 0.335 e. The molecule has 1 aliphatic carbocycles. The molecule has 16 heavy (non-hydrogen) atoms. The standard InChI is InChI=1S/C10H15N3O2S/c14-16(15,10-7-11-8-12-10)13-6-5-9-3-1-2-4-9/h3,7-8,13H,1-2,4-6H2,(H,11,12). The predicted octanol–water partition coefficient (Wildman–Crippen LogP) is 1.19. The van der Waals surface area contributed by atoms with Crippen molar-refractivity contribution in [2.24, 2.45) is 0 Å². The molecule has 0 radical (unpaired) electrons. The highest BCUT2D eigenvalue weighted by atomic mass is 32.2. The Hall–Kier alpha value is -1.14. The van der Waals surface area contributed by atoms with Gasteiger partial charge < -0.3 is 4.98 Å². The maximum atomic E-state index is 11.7. The topological polar surface area (TPSA) is 74.8 Å². The monoisotopic (exact) mass is 241 g/mol. The van der Waals surface area contributed by atoms with Gasteiger partial charge in [-0.1, -0.05) is 11.6 Å². The van der Waals surface area contributed by atoms with Gasteiger partial charge in [0.15, 0.2) is 5.03 Å². The number of imidazole rings is 1. The van der Waals surface area contributed by atoms with E-state index in [1.807, 2.05) is 0 Å². The van der Waals surface area contributed by atoms with E-state index in [0.29, 0.717) is 6.54 Å². The first-order valence-electron chi connectivity index (χ1n) is 5.34. The minimum Gasteiger partial charge on any atom is -0.335 e. The number of aromatic nitrogens is 2. The van der Waals surface area contributed by atoms with Crippen LogP contribution in [0.1, 0.15) is 25.7 Å². The zero-order chi connectivity index (χ0) is 11.4. The number of nitrogens with zero attached hydrogens (tertiary/aromatic N) is 1. The van der Waals surface area contributed by atoms with Crippen LogP contribution < -0.4 is 4.72 Å². The number of rotatable bonds is 5. The van der Waals surface area contributed by atoms with Crippen molar-refractivity contribution < 1.29 is 8.42 Å². The lowest BCUT2D eigenvalue weighted by Crippen LogP contribution is -2.25. The number of sulfonamides is 1. The van der Waals surface area contributed by atoms with Crippen molar-refractivity contribution in [3.63, 3.8) is 0 Å². The number of nitrogens with one attached hydrogen (secondary N) is 2. The molecule has 1 heterocycles. The van der Waals surface area contributed by atoms with Crippen LogP contribution in [0.25, 0.3) is 0 Å². The summed E-state index contributed by atoms with van der Waals surface area (Å²) in [5.41, 5.74) is 1.35. The molecule has 1 aromatic heterocycles. The molecule has 0 saturated heterocycles. The molecule has 1 aromatic rings. The van der Waals surface area contributed by atoms with Gasteiger partial charge in [0, 0.05) is 6.54 Å². The molecule has 6 heteroatoms. The average Bonchev–Trinajstić information content (AvgIpc) is 2.90. The quantitative estimate of drug-likeness (QED) is 0.760. The molecule has 1 aliphatic rings. The third-order valence-corrected chi connectivity index (χ3v) is 4.02. The molecule has 2 N–H and O–H groups in total. The van der Waals surface area contributed by atoms with Gasteiger partial charge in [-0.25, -0.2) is 18.1 Å². The Bertz CT molecular complexity index is 462. The van der Waals surface area contributed by atoms with E-state index in [2.05, 4.69) is 20.8 Å². The van der Waals surface area contributed by atoms with E-state index in [-0.39, 0.29) is 5.03 Å². The fraction of sp³-hybridized carbons (Fsp3) is 0.500. The SMILES string of the molecule is O=S(=O)(NCCC1=CCCC1)c1cnc[nH]1.